The van der Waals surface area contributed by atoms with Crippen LogP contribution in [0.5, 0.6) is 0 Å². The second-order valence-electron chi connectivity index (χ2n) is 7.45. The number of fused-ring (bicyclic) bond motifs is 1. The number of thiocarbonyl (C=S) groups is 1. The molecule has 2 aromatic heterocycles. The summed E-state index contributed by atoms with van der Waals surface area (Å²) in [5, 5.41) is 43.0. The number of β-lactam (4-membered cyclic amide) rings is 1. The molecule has 40 heavy (non-hydrogen) atoms. The molecule has 2 aliphatic rings. The molecule has 6 N–H and O–H groups in total. The molecule has 0 spiro atoms. The molecule has 21 heteroatoms. The van der Waals surface area contributed by atoms with Gasteiger partial charge in [-0.25, -0.2) is 4.98 Å². The van der Waals surface area contributed by atoms with Gasteiger partial charge in [-0.15, -0.1) is 33.3 Å². The van der Waals surface area contributed by atoms with Crippen LogP contribution >= 0.6 is 58.4 Å². The van der Waals surface area contributed by atoms with E-state index in [2.05, 4.69) is 25.7 Å². The number of hydrogen-bond donors (Lipinski definition) is 4. The number of carboxylic acid groups (broad SMARTS) is 1. The number of nitrogens with one attached hydrogen (secondary N) is 2. The van der Waals surface area contributed by atoms with Crippen LogP contribution in [0.1, 0.15) is 10.7 Å². The van der Waals surface area contributed by atoms with Crippen LogP contribution in [0.4, 0.5) is 5.13 Å². The molecular weight excluding hydrogens is 632 g/mol. The van der Waals surface area contributed by atoms with Gasteiger partial charge in [0.15, 0.2) is 25.4 Å². The molecule has 1 saturated heterocycles. The number of hydrogen-bond acceptors (Lipinski definition) is 17. The molecule has 1 unspecified atom stereocenters. The summed E-state index contributed by atoms with van der Waals surface area (Å²) in [4.78, 5) is 47.8. The van der Waals surface area contributed by atoms with Crippen molar-refractivity contribution in [3.8, 4) is 6.07 Å². The van der Waals surface area contributed by atoms with E-state index in [0.717, 1.165) is 39.3 Å². The topological polar surface area (TPSA) is 249 Å². The van der Waals surface area contributed by atoms with E-state index in [1.165, 1.54) is 24.3 Å². The van der Waals surface area contributed by atoms with Gasteiger partial charge in [0.1, 0.15) is 30.1 Å². The first-order valence-corrected chi connectivity index (χ1v) is 14.4. The molecule has 4 heterocycles. The number of amides is 2. The van der Waals surface area contributed by atoms with E-state index >= 15 is 0 Å². The molecule has 0 bridgehead atoms. The third-order valence-corrected chi connectivity index (χ3v) is 9.78. The Labute approximate surface area is 269 Å². The number of aliphatic carboxylic acids is 1. The van der Waals surface area contributed by atoms with Crippen LogP contribution in [0.3, 0.4) is 0 Å². The molecule has 2 amide bonds. The number of thioether (sulfide) groups is 2. The van der Waals surface area contributed by atoms with E-state index in [-0.39, 0.29) is 73.1 Å². The van der Waals surface area contributed by atoms with E-state index < -0.39 is 40.1 Å². The molecular formula is C19H15N10NaO5S5. The van der Waals surface area contributed by atoms with Gasteiger partial charge in [0.05, 0.1) is 22.6 Å². The number of anilines is 1. The predicted octanol–water partition coefficient (Wildman–Crippen LogP) is -4.33. The van der Waals surface area contributed by atoms with Crippen molar-refractivity contribution in [1.29, 1.82) is 10.7 Å². The first-order chi connectivity index (χ1) is 18.6. The number of thiazole rings is 1. The van der Waals surface area contributed by atoms with Crippen LogP contribution in [0.15, 0.2) is 26.1 Å². The number of aromatic nitrogens is 3. The van der Waals surface area contributed by atoms with Crippen LogP contribution in [0, 0.1) is 16.7 Å². The molecule has 15 nitrogen and oxygen atoms in total. The molecule has 1 fully saturated rings. The number of carbonyl (C=O) groups excluding carboxylic acids is 3. The van der Waals surface area contributed by atoms with Crippen LogP contribution in [0.25, 0.3) is 0 Å². The Morgan fingerprint density at radius 2 is 2.20 bits per heavy atom. The Bertz CT molecular complexity index is 1500. The van der Waals surface area contributed by atoms with Crippen molar-refractivity contribution >= 4 is 97.7 Å². The van der Waals surface area contributed by atoms with Gasteiger partial charge in [0.2, 0.25) is 0 Å². The van der Waals surface area contributed by atoms with Gasteiger partial charge < -0.3 is 31.5 Å². The van der Waals surface area contributed by atoms with Crippen molar-refractivity contribution in [2.75, 3.05) is 18.6 Å². The standard InChI is InChI=1S/C19H16N10O5S5.Na/c1-34-28-8(6-4-37-18(23)24-6)13(30)25-9-15(31)29-10(17(32)33)5(3-36-16(9)29)11(35)14-26-27-19(39-14)38-7(2-20)12(21)22;/h4,7,9,16H,3H2,1H3,(H3,21,22)(H2,23,24)(H,25,30)(H,32,33);/q;+1/p-1/b28-8-;/t7?,9-,16+;/m1./s1. The molecule has 0 radical (unpaired) electrons. The number of rotatable bonds is 10. The van der Waals surface area contributed by atoms with E-state index in [1.807, 2.05) is 6.07 Å². The monoisotopic (exact) mass is 646 g/mol. The fourth-order valence-electron chi connectivity index (χ4n) is 3.42. The third-order valence-electron chi connectivity index (χ3n) is 5.10. The van der Waals surface area contributed by atoms with Gasteiger partial charge in [-0.3, -0.25) is 19.9 Å². The summed E-state index contributed by atoms with van der Waals surface area (Å²) < 4.78 is 0.296. The average Bonchev–Trinajstić information content (AvgIpc) is 3.56. The molecule has 202 valence electrons. The summed E-state index contributed by atoms with van der Waals surface area (Å²) in [5.41, 5.74) is 10.7. The number of amidine groups is 1. The SMILES string of the molecule is CO/N=C(\C(=O)N[C@@H]1C(=O)N2C(C(=O)[O-])=C(C(=S)c3nnc(SC(C#N)C(=N)N)s3)CS[C@@H]12)c1csc(N)n1.[Na+]. The number of oxime groups is 1. The molecule has 0 saturated carbocycles. The Balaban J connectivity index is 0.00000441. The second-order valence-corrected chi connectivity index (χ2v) is 12.2. The molecule has 2 aromatic rings. The minimum Gasteiger partial charge on any atom is -0.543 e. The number of carbonyl (C=O) groups is 3. The maximum absolute atomic E-state index is 13.0. The van der Waals surface area contributed by atoms with Crippen LogP contribution in [0.2, 0.25) is 0 Å². The number of nitrogens with zero attached hydrogens (tertiary/aromatic N) is 6. The fourth-order valence-corrected chi connectivity index (χ4v) is 7.48. The number of nitrogens with two attached hydrogens (primary N) is 2. The zero-order chi connectivity index (χ0) is 28.4. The van der Waals surface area contributed by atoms with Crippen LogP contribution in [-0.4, -0.2) is 83.8 Å². The summed E-state index contributed by atoms with van der Waals surface area (Å²) >= 11 is 9.63. The Morgan fingerprint density at radius 1 is 1.48 bits per heavy atom. The van der Waals surface area contributed by atoms with Gasteiger partial charge in [0.25, 0.3) is 11.8 Å². The van der Waals surface area contributed by atoms with Crippen molar-refractivity contribution in [3.05, 3.63) is 27.4 Å². The number of carboxylic acids is 1. The average molecular weight is 647 g/mol. The fraction of sp³-hybridized carbons (Fsp3) is 0.263. The van der Waals surface area contributed by atoms with Crippen LogP contribution in [-0.2, 0) is 19.2 Å². The summed E-state index contributed by atoms with van der Waals surface area (Å²) in [6.07, 6.45) is 0. The molecule has 0 aromatic carbocycles. The van der Waals surface area contributed by atoms with E-state index in [1.54, 1.807) is 0 Å². The Morgan fingerprint density at radius 3 is 2.77 bits per heavy atom. The molecule has 4 rings (SSSR count). The minimum atomic E-state index is -1.63. The van der Waals surface area contributed by atoms with Gasteiger partial charge in [-0.2, -0.15) is 5.26 Å². The summed E-state index contributed by atoms with van der Waals surface area (Å²) in [7, 11) is 1.24. The smallest absolute Gasteiger partial charge is 0.543 e. The maximum atomic E-state index is 13.0. The zero-order valence-electron chi connectivity index (χ0n) is 20.4. The van der Waals surface area contributed by atoms with Crippen molar-refractivity contribution < 1.29 is 53.9 Å². The van der Waals surface area contributed by atoms with E-state index in [4.69, 9.17) is 39.2 Å². The van der Waals surface area contributed by atoms with Crippen molar-refractivity contribution in [2.24, 2.45) is 10.9 Å². The van der Waals surface area contributed by atoms with Gasteiger partial charge in [-0.05, 0) is 0 Å². The number of nitrogen functional groups attached to an aromatic ring is 1. The van der Waals surface area contributed by atoms with Crippen molar-refractivity contribution in [1.82, 2.24) is 25.4 Å². The number of nitriles is 1. The summed E-state index contributed by atoms with van der Waals surface area (Å²) in [6.45, 7) is 0. The normalized spacial score (nSPS) is 18.9. The molecule has 3 atom stereocenters. The zero-order valence-corrected chi connectivity index (χ0v) is 26.5. The summed E-state index contributed by atoms with van der Waals surface area (Å²) in [6, 6.07) is 0.797. The van der Waals surface area contributed by atoms with Gasteiger partial charge in [-0.1, -0.05) is 40.5 Å². The Kier molecular flexibility index (Phi) is 10.6. The first-order valence-electron chi connectivity index (χ1n) is 10.4. The van der Waals surface area contributed by atoms with Crippen LogP contribution < -0.4 is 51.4 Å². The summed E-state index contributed by atoms with van der Waals surface area (Å²) in [5.74, 6) is -3.37. The van der Waals surface area contributed by atoms with Gasteiger partial charge in [0, 0.05) is 16.7 Å². The van der Waals surface area contributed by atoms with E-state index in [9.17, 15) is 19.5 Å². The largest absolute Gasteiger partial charge is 1.00 e. The third kappa shape index (κ3) is 6.31. The van der Waals surface area contributed by atoms with E-state index in [0.29, 0.717) is 4.34 Å². The quantitative estimate of drug-likeness (QED) is 0.0279. The van der Waals surface area contributed by atoms with Crippen molar-refractivity contribution in [2.45, 2.75) is 21.0 Å². The maximum Gasteiger partial charge on any atom is 1.00 e. The minimum absolute atomic E-state index is 0. The molecule has 2 aliphatic heterocycles. The predicted molar refractivity (Wildman–Crippen MR) is 146 cm³/mol. The second kappa shape index (κ2) is 13.3. The van der Waals surface area contributed by atoms with Gasteiger partial charge >= 0.3 is 29.6 Å². The Hall–Kier alpha value is -2.64. The first kappa shape index (κ1) is 31.9. The molecule has 0 aliphatic carbocycles. The van der Waals surface area contributed by atoms with Crippen molar-refractivity contribution in [3.63, 3.8) is 0 Å².